The van der Waals surface area contributed by atoms with Gasteiger partial charge in [-0.05, 0) is 12.1 Å². The van der Waals surface area contributed by atoms with Gasteiger partial charge in [0.05, 0.1) is 12.5 Å². The van der Waals surface area contributed by atoms with Crippen molar-refractivity contribution in [3.63, 3.8) is 0 Å². The molecule has 6 nitrogen and oxygen atoms in total. The Balaban J connectivity index is 1.62. The van der Waals surface area contributed by atoms with Crippen LogP contribution in [0.3, 0.4) is 0 Å². The molecular formula is C13H15N5O. The maximum Gasteiger partial charge on any atom is 0.272 e. The van der Waals surface area contributed by atoms with Crippen LogP contribution in [0.1, 0.15) is 10.5 Å². The molecule has 1 N–H and O–H groups in total. The summed E-state index contributed by atoms with van der Waals surface area (Å²) < 4.78 is 0. The van der Waals surface area contributed by atoms with Crippen LogP contribution in [-0.4, -0.2) is 51.9 Å². The number of carbonyl (C=O) groups excluding carboxylic acids is 1. The summed E-state index contributed by atoms with van der Waals surface area (Å²) in [5.74, 6) is 0.981. The molecule has 2 aromatic heterocycles. The van der Waals surface area contributed by atoms with Crippen molar-refractivity contribution in [1.29, 1.82) is 0 Å². The number of aromatic amines is 1. The van der Waals surface area contributed by atoms with Gasteiger partial charge < -0.3 is 14.8 Å². The second-order valence-corrected chi connectivity index (χ2v) is 4.43. The van der Waals surface area contributed by atoms with Crippen molar-refractivity contribution < 1.29 is 4.79 Å². The average molecular weight is 257 g/mol. The summed E-state index contributed by atoms with van der Waals surface area (Å²) in [6.45, 7) is 3.01. The fourth-order valence-corrected chi connectivity index (χ4v) is 2.22. The van der Waals surface area contributed by atoms with Crippen molar-refractivity contribution in [1.82, 2.24) is 19.9 Å². The van der Waals surface area contributed by atoms with E-state index in [0.717, 1.165) is 18.9 Å². The van der Waals surface area contributed by atoms with E-state index in [1.54, 1.807) is 12.4 Å². The van der Waals surface area contributed by atoms with E-state index in [1.807, 2.05) is 23.1 Å². The van der Waals surface area contributed by atoms with Crippen LogP contribution in [-0.2, 0) is 0 Å². The molecular weight excluding hydrogens is 242 g/mol. The molecule has 19 heavy (non-hydrogen) atoms. The molecule has 1 aliphatic rings. The van der Waals surface area contributed by atoms with Crippen LogP contribution in [0.2, 0.25) is 0 Å². The van der Waals surface area contributed by atoms with Crippen LogP contribution in [0.4, 0.5) is 5.82 Å². The number of rotatable bonds is 2. The zero-order valence-corrected chi connectivity index (χ0v) is 10.5. The summed E-state index contributed by atoms with van der Waals surface area (Å²) in [5, 5.41) is 0. The highest BCUT2D eigenvalue weighted by atomic mass is 16.2. The summed E-state index contributed by atoms with van der Waals surface area (Å²) in [7, 11) is 0. The Morgan fingerprint density at radius 1 is 1.21 bits per heavy atom. The van der Waals surface area contributed by atoms with Crippen molar-refractivity contribution in [2.75, 3.05) is 31.1 Å². The van der Waals surface area contributed by atoms with Crippen LogP contribution < -0.4 is 4.90 Å². The van der Waals surface area contributed by atoms with Gasteiger partial charge in [-0.25, -0.2) is 9.97 Å². The first kappa shape index (κ1) is 11.7. The first-order valence-corrected chi connectivity index (χ1v) is 6.28. The fourth-order valence-electron chi connectivity index (χ4n) is 2.22. The third kappa shape index (κ3) is 2.42. The predicted molar refractivity (Wildman–Crippen MR) is 70.9 cm³/mol. The summed E-state index contributed by atoms with van der Waals surface area (Å²) in [4.78, 5) is 27.2. The number of imidazole rings is 1. The van der Waals surface area contributed by atoms with Crippen molar-refractivity contribution in [2.24, 2.45) is 0 Å². The zero-order chi connectivity index (χ0) is 13.1. The Hall–Kier alpha value is -2.37. The van der Waals surface area contributed by atoms with Crippen molar-refractivity contribution in [2.45, 2.75) is 0 Å². The van der Waals surface area contributed by atoms with E-state index in [1.165, 1.54) is 6.33 Å². The maximum atomic E-state index is 12.1. The number of piperazine rings is 1. The first-order chi connectivity index (χ1) is 9.34. The predicted octanol–water partition coefficient (Wildman–Crippen LogP) is 0.767. The molecule has 0 unspecified atom stereocenters. The summed E-state index contributed by atoms with van der Waals surface area (Å²) in [6.07, 6.45) is 4.88. The van der Waals surface area contributed by atoms with Crippen LogP contribution in [0.15, 0.2) is 36.9 Å². The highest BCUT2D eigenvalue weighted by Crippen LogP contribution is 2.13. The molecule has 3 heterocycles. The molecule has 0 saturated carbocycles. The number of nitrogens with one attached hydrogen (secondary N) is 1. The molecule has 1 aliphatic heterocycles. The molecule has 0 aliphatic carbocycles. The van der Waals surface area contributed by atoms with Crippen molar-refractivity contribution in [3.05, 3.63) is 42.6 Å². The lowest BCUT2D eigenvalue weighted by molar-refractivity contribution is 0.0741. The number of H-pyrrole nitrogens is 1. The van der Waals surface area contributed by atoms with Gasteiger partial charge >= 0.3 is 0 Å². The fraction of sp³-hybridized carbons (Fsp3) is 0.308. The number of nitrogens with zero attached hydrogens (tertiary/aromatic N) is 4. The van der Waals surface area contributed by atoms with E-state index in [0.29, 0.717) is 18.8 Å². The summed E-state index contributed by atoms with van der Waals surface area (Å²) in [5.41, 5.74) is 0.547. The zero-order valence-electron chi connectivity index (χ0n) is 10.5. The van der Waals surface area contributed by atoms with Gasteiger partial charge in [0, 0.05) is 32.4 Å². The molecule has 1 saturated heterocycles. The minimum Gasteiger partial charge on any atom is -0.353 e. The van der Waals surface area contributed by atoms with E-state index in [9.17, 15) is 4.79 Å². The van der Waals surface area contributed by atoms with Gasteiger partial charge in [0.25, 0.3) is 5.91 Å². The van der Waals surface area contributed by atoms with Gasteiger partial charge in [-0.3, -0.25) is 4.79 Å². The minimum absolute atomic E-state index is 0.0122. The molecule has 1 fully saturated rings. The third-order valence-electron chi connectivity index (χ3n) is 3.27. The Morgan fingerprint density at radius 2 is 2.05 bits per heavy atom. The number of pyridine rings is 1. The largest absolute Gasteiger partial charge is 0.353 e. The van der Waals surface area contributed by atoms with Crippen LogP contribution in [0, 0.1) is 0 Å². The molecule has 98 valence electrons. The van der Waals surface area contributed by atoms with Crippen LogP contribution in [0.25, 0.3) is 0 Å². The molecule has 0 bridgehead atoms. The van der Waals surface area contributed by atoms with E-state index in [-0.39, 0.29) is 5.91 Å². The number of hydrogen-bond acceptors (Lipinski definition) is 4. The summed E-state index contributed by atoms with van der Waals surface area (Å²) in [6, 6.07) is 5.87. The lowest BCUT2D eigenvalue weighted by atomic mass is 10.2. The number of anilines is 1. The number of carbonyl (C=O) groups is 1. The Labute approximate surface area is 111 Å². The average Bonchev–Trinajstić information content (AvgIpc) is 3.02. The second kappa shape index (κ2) is 5.09. The second-order valence-electron chi connectivity index (χ2n) is 4.43. The van der Waals surface area contributed by atoms with Crippen molar-refractivity contribution >= 4 is 11.7 Å². The number of aromatic nitrogens is 3. The van der Waals surface area contributed by atoms with Gasteiger partial charge in [0.1, 0.15) is 11.5 Å². The highest BCUT2D eigenvalue weighted by molar-refractivity contribution is 5.92. The van der Waals surface area contributed by atoms with Gasteiger partial charge in [0.2, 0.25) is 0 Å². The lowest BCUT2D eigenvalue weighted by Gasteiger charge is -2.35. The van der Waals surface area contributed by atoms with E-state index in [4.69, 9.17) is 0 Å². The topological polar surface area (TPSA) is 65.1 Å². The quantitative estimate of drug-likeness (QED) is 0.863. The van der Waals surface area contributed by atoms with Crippen LogP contribution in [0.5, 0.6) is 0 Å². The van der Waals surface area contributed by atoms with E-state index in [2.05, 4.69) is 19.9 Å². The van der Waals surface area contributed by atoms with Gasteiger partial charge in [0.15, 0.2) is 0 Å². The number of hydrogen-bond donors (Lipinski definition) is 1. The Morgan fingerprint density at radius 3 is 2.68 bits per heavy atom. The van der Waals surface area contributed by atoms with Crippen molar-refractivity contribution in [3.8, 4) is 0 Å². The standard InChI is InChI=1S/C13H15N5O/c19-13(11-9-14-10-16-11)18-7-5-17(6-8-18)12-3-1-2-4-15-12/h1-4,9-10H,5-8H2,(H,14,16). The summed E-state index contributed by atoms with van der Waals surface area (Å²) >= 11 is 0. The van der Waals surface area contributed by atoms with E-state index >= 15 is 0 Å². The van der Waals surface area contributed by atoms with Gasteiger partial charge in [-0.1, -0.05) is 6.07 Å². The smallest absolute Gasteiger partial charge is 0.272 e. The Bertz CT molecular complexity index is 531. The molecule has 2 aromatic rings. The number of amides is 1. The highest BCUT2D eigenvalue weighted by Gasteiger charge is 2.23. The molecule has 3 rings (SSSR count). The normalized spacial score (nSPS) is 15.6. The lowest BCUT2D eigenvalue weighted by Crippen LogP contribution is -2.49. The Kier molecular flexibility index (Phi) is 3.14. The first-order valence-electron chi connectivity index (χ1n) is 6.28. The van der Waals surface area contributed by atoms with Crippen LogP contribution >= 0.6 is 0 Å². The van der Waals surface area contributed by atoms with Gasteiger partial charge in [-0.2, -0.15) is 0 Å². The minimum atomic E-state index is 0.0122. The van der Waals surface area contributed by atoms with E-state index < -0.39 is 0 Å². The molecule has 0 radical (unpaired) electrons. The molecule has 6 heteroatoms. The monoisotopic (exact) mass is 257 g/mol. The third-order valence-corrected chi connectivity index (χ3v) is 3.27. The SMILES string of the molecule is O=C(c1cnc[nH]1)N1CCN(c2ccccn2)CC1. The maximum absolute atomic E-state index is 12.1. The molecule has 0 spiro atoms. The van der Waals surface area contributed by atoms with Gasteiger partial charge in [-0.15, -0.1) is 0 Å². The molecule has 0 atom stereocenters. The molecule has 0 aromatic carbocycles. The molecule has 1 amide bonds.